The molecule has 0 aliphatic heterocycles. The lowest BCUT2D eigenvalue weighted by Gasteiger charge is -2.05. The number of hydrogen-bond acceptors (Lipinski definition) is 1. The van der Waals surface area contributed by atoms with Crippen LogP contribution < -0.4 is 5.43 Å². The standard InChI is InChI=1S/C7H5BrClF2NO/c8-1-4-5(7(10)11)6(13)3(9)2-12-4/h2,7H,1H2,(H,12,13). The van der Waals surface area contributed by atoms with E-state index in [-0.39, 0.29) is 16.0 Å². The third kappa shape index (κ3) is 2.08. The van der Waals surface area contributed by atoms with Gasteiger partial charge in [-0.05, 0) is 0 Å². The average molecular weight is 272 g/mol. The molecule has 0 spiro atoms. The lowest BCUT2D eigenvalue weighted by molar-refractivity contribution is 0.149. The molecule has 0 radical (unpaired) electrons. The third-order valence-electron chi connectivity index (χ3n) is 1.51. The molecule has 1 heterocycles. The van der Waals surface area contributed by atoms with Crippen LogP contribution in [0.15, 0.2) is 11.0 Å². The van der Waals surface area contributed by atoms with Gasteiger partial charge in [0, 0.05) is 17.2 Å². The lowest BCUT2D eigenvalue weighted by atomic mass is 10.2. The van der Waals surface area contributed by atoms with E-state index in [2.05, 4.69) is 20.9 Å². The zero-order valence-corrected chi connectivity index (χ0v) is 8.62. The Hall–Kier alpha value is -0.420. The van der Waals surface area contributed by atoms with Crippen molar-refractivity contribution < 1.29 is 8.78 Å². The van der Waals surface area contributed by atoms with Gasteiger partial charge in [-0.15, -0.1) is 0 Å². The Morgan fingerprint density at radius 3 is 2.69 bits per heavy atom. The van der Waals surface area contributed by atoms with E-state index in [0.29, 0.717) is 0 Å². The fraction of sp³-hybridized carbons (Fsp3) is 0.286. The summed E-state index contributed by atoms with van der Waals surface area (Å²) >= 11 is 8.38. The largest absolute Gasteiger partial charge is 0.362 e. The van der Waals surface area contributed by atoms with Gasteiger partial charge < -0.3 is 4.98 Å². The van der Waals surface area contributed by atoms with Crippen molar-refractivity contribution >= 4 is 27.5 Å². The maximum absolute atomic E-state index is 12.4. The first-order chi connectivity index (χ1) is 6.07. The van der Waals surface area contributed by atoms with Gasteiger partial charge in [0.15, 0.2) is 0 Å². The second kappa shape index (κ2) is 4.19. The molecule has 0 saturated heterocycles. The molecular weight excluding hydrogens is 267 g/mol. The van der Waals surface area contributed by atoms with Gasteiger partial charge in [-0.1, -0.05) is 27.5 Å². The lowest BCUT2D eigenvalue weighted by Crippen LogP contribution is -2.14. The van der Waals surface area contributed by atoms with Gasteiger partial charge in [-0.3, -0.25) is 4.79 Å². The molecule has 1 N–H and O–H groups in total. The molecule has 0 aliphatic carbocycles. The number of aromatic amines is 1. The summed E-state index contributed by atoms with van der Waals surface area (Å²) in [6, 6.07) is 0. The normalized spacial score (nSPS) is 10.8. The van der Waals surface area contributed by atoms with Crippen molar-refractivity contribution in [2.75, 3.05) is 0 Å². The molecule has 6 heteroatoms. The van der Waals surface area contributed by atoms with Crippen LogP contribution in [0, 0.1) is 0 Å². The molecule has 0 amide bonds. The SMILES string of the molecule is O=c1c(Cl)c[nH]c(CBr)c1C(F)F. The molecule has 0 unspecified atom stereocenters. The van der Waals surface area contributed by atoms with E-state index in [4.69, 9.17) is 11.6 Å². The summed E-state index contributed by atoms with van der Waals surface area (Å²) in [5.41, 5.74) is -1.22. The highest BCUT2D eigenvalue weighted by atomic mass is 79.9. The first-order valence-electron chi connectivity index (χ1n) is 3.32. The summed E-state index contributed by atoms with van der Waals surface area (Å²) in [5, 5.41) is -0.0565. The quantitative estimate of drug-likeness (QED) is 0.825. The van der Waals surface area contributed by atoms with E-state index in [0.717, 1.165) is 0 Å². The van der Waals surface area contributed by atoms with Crippen LogP contribution >= 0.6 is 27.5 Å². The van der Waals surface area contributed by atoms with E-state index in [1.54, 1.807) is 0 Å². The second-order valence-corrected chi connectivity index (χ2v) is 3.26. The Bertz CT molecular complexity index is 366. The van der Waals surface area contributed by atoms with Crippen LogP contribution in [0.3, 0.4) is 0 Å². The minimum Gasteiger partial charge on any atom is -0.362 e. The summed E-state index contributed by atoms with van der Waals surface area (Å²) in [6.45, 7) is 0. The van der Waals surface area contributed by atoms with Crippen molar-refractivity contribution in [3.8, 4) is 0 Å². The van der Waals surface area contributed by atoms with Crippen molar-refractivity contribution in [1.82, 2.24) is 4.98 Å². The van der Waals surface area contributed by atoms with Gasteiger partial charge in [0.05, 0.1) is 5.56 Å². The van der Waals surface area contributed by atoms with E-state index in [9.17, 15) is 13.6 Å². The van der Waals surface area contributed by atoms with Gasteiger partial charge in [-0.25, -0.2) is 8.78 Å². The van der Waals surface area contributed by atoms with Crippen LogP contribution in [0.1, 0.15) is 17.7 Å². The molecular formula is C7H5BrClF2NO. The van der Waals surface area contributed by atoms with Gasteiger partial charge in [0.2, 0.25) is 5.43 Å². The van der Waals surface area contributed by atoms with Crippen LogP contribution in [0.4, 0.5) is 8.78 Å². The van der Waals surface area contributed by atoms with Gasteiger partial charge in [0.25, 0.3) is 6.43 Å². The predicted molar refractivity (Wildman–Crippen MR) is 49.7 cm³/mol. The molecule has 0 saturated carbocycles. The first kappa shape index (κ1) is 10.7. The molecule has 1 aromatic heterocycles. The van der Waals surface area contributed by atoms with Crippen molar-refractivity contribution in [2.45, 2.75) is 11.8 Å². The maximum Gasteiger partial charge on any atom is 0.269 e. The molecule has 72 valence electrons. The van der Waals surface area contributed by atoms with Gasteiger partial charge in [-0.2, -0.15) is 0 Å². The molecule has 2 nitrogen and oxygen atoms in total. The minimum atomic E-state index is -2.81. The number of H-pyrrole nitrogens is 1. The summed E-state index contributed by atoms with van der Waals surface area (Å²) in [7, 11) is 0. The monoisotopic (exact) mass is 271 g/mol. The van der Waals surface area contributed by atoms with Crippen LogP contribution in [-0.4, -0.2) is 4.98 Å². The summed E-state index contributed by atoms with van der Waals surface area (Å²) < 4.78 is 24.7. The third-order valence-corrected chi connectivity index (χ3v) is 2.35. The predicted octanol–water partition coefficient (Wildman–Crippen LogP) is 2.86. The van der Waals surface area contributed by atoms with Crippen molar-refractivity contribution in [2.24, 2.45) is 0 Å². The van der Waals surface area contributed by atoms with E-state index in [1.807, 2.05) is 0 Å². The van der Waals surface area contributed by atoms with E-state index >= 15 is 0 Å². The van der Waals surface area contributed by atoms with Crippen LogP contribution in [0.25, 0.3) is 0 Å². The summed E-state index contributed by atoms with van der Waals surface area (Å²) in [4.78, 5) is 13.7. The molecule has 0 atom stereocenters. The number of rotatable bonds is 2. The Kier molecular flexibility index (Phi) is 3.44. The Morgan fingerprint density at radius 1 is 1.62 bits per heavy atom. The van der Waals surface area contributed by atoms with E-state index in [1.165, 1.54) is 6.20 Å². The Labute approximate surface area is 86.0 Å². The number of aromatic nitrogens is 1. The number of nitrogens with one attached hydrogen (secondary N) is 1. The van der Waals surface area contributed by atoms with Crippen LogP contribution in [-0.2, 0) is 5.33 Å². The fourth-order valence-electron chi connectivity index (χ4n) is 0.901. The second-order valence-electron chi connectivity index (χ2n) is 2.29. The molecule has 0 aliphatic rings. The number of hydrogen-bond donors (Lipinski definition) is 1. The smallest absolute Gasteiger partial charge is 0.269 e. The Morgan fingerprint density at radius 2 is 2.23 bits per heavy atom. The molecule has 0 bridgehead atoms. The zero-order valence-electron chi connectivity index (χ0n) is 6.28. The van der Waals surface area contributed by atoms with Crippen molar-refractivity contribution in [3.63, 3.8) is 0 Å². The van der Waals surface area contributed by atoms with Gasteiger partial charge in [0.1, 0.15) is 5.02 Å². The fourth-order valence-corrected chi connectivity index (χ4v) is 1.52. The topological polar surface area (TPSA) is 32.9 Å². The molecule has 0 fully saturated rings. The highest BCUT2D eigenvalue weighted by Crippen LogP contribution is 2.21. The molecule has 1 rings (SSSR count). The first-order valence-corrected chi connectivity index (χ1v) is 4.82. The zero-order chi connectivity index (χ0) is 10.0. The van der Waals surface area contributed by atoms with Crippen LogP contribution in [0.2, 0.25) is 5.02 Å². The van der Waals surface area contributed by atoms with E-state index < -0.39 is 17.4 Å². The average Bonchev–Trinajstić information content (AvgIpc) is 2.08. The molecule has 13 heavy (non-hydrogen) atoms. The molecule has 1 aromatic rings. The highest BCUT2D eigenvalue weighted by molar-refractivity contribution is 9.08. The minimum absolute atomic E-state index is 0.157. The maximum atomic E-state index is 12.4. The van der Waals surface area contributed by atoms with Gasteiger partial charge >= 0.3 is 0 Å². The number of halogens is 4. The Balaban J connectivity index is 3.42. The van der Waals surface area contributed by atoms with Crippen LogP contribution in [0.5, 0.6) is 0 Å². The summed E-state index contributed by atoms with van der Waals surface area (Å²) in [6.07, 6.45) is -1.61. The highest BCUT2D eigenvalue weighted by Gasteiger charge is 2.18. The molecule has 0 aromatic carbocycles. The number of alkyl halides is 3. The van der Waals surface area contributed by atoms with Crippen molar-refractivity contribution in [3.05, 3.63) is 32.7 Å². The summed E-state index contributed by atoms with van der Waals surface area (Å²) in [5.74, 6) is 0. The number of pyridine rings is 1. The van der Waals surface area contributed by atoms with Crippen molar-refractivity contribution in [1.29, 1.82) is 0 Å².